The number of phenolic OH excluding ortho intramolecular Hbond substituents is 1. The minimum Gasteiger partial charge on any atom is -0.507 e. The summed E-state index contributed by atoms with van der Waals surface area (Å²) in [6.07, 6.45) is 3.16. The zero-order valence-corrected chi connectivity index (χ0v) is 22.5. The number of para-hydroxylation sites is 1. The van der Waals surface area contributed by atoms with Crippen molar-refractivity contribution in [2.75, 3.05) is 0 Å². The third kappa shape index (κ3) is 3.57. The van der Waals surface area contributed by atoms with E-state index in [-0.39, 0.29) is 5.75 Å². The quantitative estimate of drug-likeness (QED) is 0.246. The van der Waals surface area contributed by atoms with Gasteiger partial charge in [-0.15, -0.1) is 5.10 Å². The van der Waals surface area contributed by atoms with E-state index in [1.54, 1.807) is 12.3 Å². The summed E-state index contributed by atoms with van der Waals surface area (Å²) in [6, 6.07) is 43.7. The van der Waals surface area contributed by atoms with Crippen LogP contribution in [-0.2, 0) is 5.41 Å². The summed E-state index contributed by atoms with van der Waals surface area (Å²) in [5.41, 5.74) is 9.03. The van der Waals surface area contributed by atoms with E-state index in [0.717, 1.165) is 28.1 Å². The van der Waals surface area contributed by atoms with Gasteiger partial charge in [0, 0.05) is 11.1 Å². The van der Waals surface area contributed by atoms with Crippen molar-refractivity contribution >= 4 is 10.8 Å². The molecule has 0 spiro atoms. The van der Waals surface area contributed by atoms with Gasteiger partial charge in [0.15, 0.2) is 0 Å². The molecule has 8 rings (SSSR count). The van der Waals surface area contributed by atoms with Gasteiger partial charge >= 0.3 is 0 Å². The molecule has 1 aliphatic rings. The fraction of sp³-hybridized carbons (Fsp3) is 0.0270. The monoisotopic (exact) mass is 540 g/mol. The van der Waals surface area contributed by atoms with Crippen molar-refractivity contribution in [2.45, 2.75) is 5.41 Å². The molecule has 0 saturated heterocycles. The lowest BCUT2D eigenvalue weighted by molar-refractivity contribution is 0.477. The molecule has 7 aromatic rings. The van der Waals surface area contributed by atoms with Crippen molar-refractivity contribution in [2.24, 2.45) is 0 Å². The predicted molar refractivity (Wildman–Crippen MR) is 165 cm³/mol. The predicted octanol–water partition coefficient (Wildman–Crippen LogP) is 7.82. The minimum absolute atomic E-state index is 0.202. The highest BCUT2D eigenvalue weighted by Gasteiger charge is 2.47. The Bertz CT molecular complexity index is 2130. The molecule has 0 bridgehead atoms. The van der Waals surface area contributed by atoms with Gasteiger partial charge in [0.05, 0.1) is 28.7 Å². The highest BCUT2D eigenvalue weighted by atomic mass is 16.3. The molecule has 1 aliphatic carbocycles. The van der Waals surface area contributed by atoms with Gasteiger partial charge < -0.3 is 5.11 Å². The zero-order chi connectivity index (χ0) is 28.1. The summed E-state index contributed by atoms with van der Waals surface area (Å²) in [7, 11) is 0. The molecule has 5 aromatic carbocycles. The van der Waals surface area contributed by atoms with E-state index in [4.69, 9.17) is 4.98 Å². The lowest BCUT2D eigenvalue weighted by atomic mass is 9.69. The van der Waals surface area contributed by atoms with E-state index >= 15 is 0 Å². The molecule has 5 heteroatoms. The Kier molecular flexibility index (Phi) is 5.44. The van der Waals surface area contributed by atoms with Crippen molar-refractivity contribution in [3.8, 4) is 39.4 Å². The molecule has 0 aliphatic heterocycles. The lowest BCUT2D eigenvalue weighted by Gasteiger charge is -2.33. The molecule has 198 valence electrons. The largest absolute Gasteiger partial charge is 0.507 e. The zero-order valence-electron chi connectivity index (χ0n) is 22.5. The first-order valence-electron chi connectivity index (χ1n) is 13.9. The number of aromatic nitrogens is 4. The molecule has 1 N–H and O–H groups in total. The minimum atomic E-state index is -0.729. The van der Waals surface area contributed by atoms with Crippen LogP contribution in [0.5, 0.6) is 5.75 Å². The number of benzene rings is 5. The van der Waals surface area contributed by atoms with Crippen LogP contribution in [0.25, 0.3) is 44.4 Å². The summed E-state index contributed by atoms with van der Waals surface area (Å²) < 4.78 is 0. The van der Waals surface area contributed by atoms with Gasteiger partial charge in [-0.25, -0.2) is 4.98 Å². The first kappa shape index (κ1) is 24.1. The van der Waals surface area contributed by atoms with Crippen LogP contribution in [0.3, 0.4) is 0 Å². The van der Waals surface area contributed by atoms with E-state index in [1.807, 2.05) is 30.3 Å². The normalized spacial score (nSPS) is 15.3. The average molecular weight is 541 g/mol. The average Bonchev–Trinajstić information content (AvgIpc) is 3.34. The van der Waals surface area contributed by atoms with Gasteiger partial charge in [0.25, 0.3) is 0 Å². The topological polar surface area (TPSA) is 71.8 Å². The number of pyridine rings is 1. The molecular formula is C37H24N4O. The van der Waals surface area contributed by atoms with Crippen LogP contribution < -0.4 is 0 Å². The SMILES string of the molecule is Oc1ccccc1-c1cccc(C2(c3cccc(-c4cnncn4)c3)c3ccccc3-c3cc4ccccc4cc32)n1. The third-order valence-electron chi connectivity index (χ3n) is 8.31. The highest BCUT2D eigenvalue weighted by Crippen LogP contribution is 2.56. The Labute approximate surface area is 242 Å². The highest BCUT2D eigenvalue weighted by molar-refractivity contribution is 5.95. The van der Waals surface area contributed by atoms with Crippen molar-refractivity contribution in [3.63, 3.8) is 0 Å². The van der Waals surface area contributed by atoms with Crippen LogP contribution in [0.4, 0.5) is 0 Å². The van der Waals surface area contributed by atoms with Crippen molar-refractivity contribution in [3.05, 3.63) is 162 Å². The van der Waals surface area contributed by atoms with Gasteiger partial charge in [0.2, 0.25) is 0 Å². The maximum Gasteiger partial charge on any atom is 0.138 e. The molecule has 2 heterocycles. The van der Waals surface area contributed by atoms with Crippen LogP contribution >= 0.6 is 0 Å². The second-order valence-electron chi connectivity index (χ2n) is 10.5. The van der Waals surface area contributed by atoms with Gasteiger partial charge in [-0.1, -0.05) is 84.9 Å². The fourth-order valence-electron chi connectivity index (χ4n) is 6.48. The van der Waals surface area contributed by atoms with Crippen molar-refractivity contribution in [1.29, 1.82) is 0 Å². The van der Waals surface area contributed by atoms with E-state index < -0.39 is 5.41 Å². The third-order valence-corrected chi connectivity index (χ3v) is 8.31. The molecule has 0 amide bonds. The van der Waals surface area contributed by atoms with Gasteiger partial charge in [-0.3, -0.25) is 4.98 Å². The number of fused-ring (bicyclic) bond motifs is 4. The number of hydrogen-bond acceptors (Lipinski definition) is 5. The number of aromatic hydroxyl groups is 1. The maximum absolute atomic E-state index is 10.7. The lowest BCUT2D eigenvalue weighted by Crippen LogP contribution is -2.30. The van der Waals surface area contributed by atoms with Crippen molar-refractivity contribution < 1.29 is 5.11 Å². The maximum atomic E-state index is 10.7. The first-order valence-corrected chi connectivity index (χ1v) is 13.9. The smallest absolute Gasteiger partial charge is 0.138 e. The number of rotatable bonds is 4. The van der Waals surface area contributed by atoms with Crippen LogP contribution in [-0.4, -0.2) is 25.3 Å². The van der Waals surface area contributed by atoms with Gasteiger partial charge in [-0.2, -0.15) is 5.10 Å². The van der Waals surface area contributed by atoms with Crippen molar-refractivity contribution in [1.82, 2.24) is 20.2 Å². The van der Waals surface area contributed by atoms with E-state index in [9.17, 15) is 5.11 Å². The fourth-order valence-corrected chi connectivity index (χ4v) is 6.48. The van der Waals surface area contributed by atoms with Crippen LogP contribution in [0.15, 0.2) is 140 Å². The molecular weight excluding hydrogens is 516 g/mol. The van der Waals surface area contributed by atoms with E-state index in [2.05, 4.69) is 106 Å². The Hall–Kier alpha value is -5.68. The second-order valence-corrected chi connectivity index (χ2v) is 10.5. The second kappa shape index (κ2) is 9.46. The van der Waals surface area contributed by atoms with E-state index in [1.165, 1.54) is 33.8 Å². The molecule has 42 heavy (non-hydrogen) atoms. The molecule has 0 radical (unpaired) electrons. The molecule has 0 fully saturated rings. The molecule has 5 nitrogen and oxygen atoms in total. The van der Waals surface area contributed by atoms with Crippen LogP contribution in [0.1, 0.15) is 22.4 Å². The summed E-state index contributed by atoms with van der Waals surface area (Å²) >= 11 is 0. The molecule has 2 aromatic heterocycles. The summed E-state index contributed by atoms with van der Waals surface area (Å²) in [5, 5.41) is 21.1. The summed E-state index contributed by atoms with van der Waals surface area (Å²) in [6.45, 7) is 0. The molecule has 1 unspecified atom stereocenters. The summed E-state index contributed by atoms with van der Waals surface area (Å²) in [5.74, 6) is 0.202. The standard InChI is InChI=1S/C37H24N4O/c42-35-17-6-4-14-29(35)33-16-8-18-36(41-33)37(27-12-7-11-26(19-27)34-22-39-40-23-38-34)31-15-5-3-13-28(31)30-20-24-9-1-2-10-25(24)21-32(30)37/h1-23,42H. The number of nitrogens with zero attached hydrogens (tertiary/aromatic N) is 4. The number of phenols is 1. The summed E-state index contributed by atoms with van der Waals surface area (Å²) in [4.78, 5) is 9.80. The van der Waals surface area contributed by atoms with E-state index in [0.29, 0.717) is 11.3 Å². The Morgan fingerprint density at radius 2 is 1.31 bits per heavy atom. The van der Waals surface area contributed by atoms with Crippen LogP contribution in [0.2, 0.25) is 0 Å². The van der Waals surface area contributed by atoms with Gasteiger partial charge in [-0.05, 0) is 81.1 Å². The Morgan fingerprint density at radius 3 is 2.14 bits per heavy atom. The Balaban J connectivity index is 1.49. The molecule has 1 atom stereocenters. The van der Waals surface area contributed by atoms with Crippen LogP contribution in [0, 0.1) is 0 Å². The van der Waals surface area contributed by atoms with Gasteiger partial charge in [0.1, 0.15) is 12.1 Å². The Morgan fingerprint density at radius 1 is 0.548 bits per heavy atom. The molecule has 0 saturated carbocycles. The first-order chi connectivity index (χ1) is 20.7. The number of hydrogen-bond donors (Lipinski definition) is 1.